The minimum absolute atomic E-state index is 0.0543. The van der Waals surface area contributed by atoms with Crippen LogP contribution in [0.2, 0.25) is 0 Å². The second-order valence-corrected chi connectivity index (χ2v) is 7.15. The van der Waals surface area contributed by atoms with Crippen LogP contribution in [0.15, 0.2) is 35.5 Å². The molecular formula is C20H25N3O4S. The van der Waals surface area contributed by atoms with Gasteiger partial charge >= 0.3 is 5.97 Å². The van der Waals surface area contributed by atoms with Gasteiger partial charge in [-0.2, -0.15) is 0 Å². The molecule has 28 heavy (non-hydrogen) atoms. The van der Waals surface area contributed by atoms with Gasteiger partial charge in [-0.25, -0.2) is 9.97 Å². The fraction of sp³-hybridized carbons (Fsp3) is 0.400. The third kappa shape index (κ3) is 7.19. The summed E-state index contributed by atoms with van der Waals surface area (Å²) < 4.78 is 10.5. The van der Waals surface area contributed by atoms with Gasteiger partial charge < -0.3 is 14.4 Å². The lowest BCUT2D eigenvalue weighted by atomic mass is 10.2. The molecule has 0 fully saturated rings. The van der Waals surface area contributed by atoms with Gasteiger partial charge in [-0.3, -0.25) is 9.59 Å². The van der Waals surface area contributed by atoms with E-state index in [4.69, 9.17) is 9.47 Å². The highest BCUT2D eigenvalue weighted by molar-refractivity contribution is 7.99. The molecule has 150 valence electrons. The quantitative estimate of drug-likeness (QED) is 0.362. The Morgan fingerprint density at radius 3 is 2.36 bits per heavy atom. The second kappa shape index (κ2) is 10.7. The molecule has 0 N–H and O–H groups in total. The highest BCUT2D eigenvalue weighted by Gasteiger charge is 2.13. The summed E-state index contributed by atoms with van der Waals surface area (Å²) in [6.07, 6.45) is 0. The number of hydrogen-bond donors (Lipinski definition) is 0. The molecule has 0 aliphatic heterocycles. The number of aryl methyl sites for hydroxylation is 2. The monoisotopic (exact) mass is 403 g/mol. The maximum atomic E-state index is 12.2. The van der Waals surface area contributed by atoms with Crippen LogP contribution in [0.4, 0.5) is 0 Å². The number of carbonyl (C=O) groups is 2. The molecule has 0 unspecified atom stereocenters. The molecule has 1 heterocycles. The molecule has 7 nitrogen and oxygen atoms in total. The standard InChI is InChI=1S/C20H25N3O4S/c1-5-26-17-8-6-16(7-9-17)11-23(4)18(24)12-27-19(25)13-28-20-21-14(2)10-15(3)22-20/h6-10H,5,11-13H2,1-4H3. The molecule has 0 spiro atoms. The van der Waals surface area contributed by atoms with Crippen molar-refractivity contribution in [2.45, 2.75) is 32.5 Å². The number of aromatic nitrogens is 2. The molecule has 0 radical (unpaired) electrons. The largest absolute Gasteiger partial charge is 0.494 e. The van der Waals surface area contributed by atoms with E-state index in [0.29, 0.717) is 18.3 Å². The Bertz CT molecular complexity index is 791. The van der Waals surface area contributed by atoms with Crippen LogP contribution in [0.1, 0.15) is 23.9 Å². The van der Waals surface area contributed by atoms with E-state index in [-0.39, 0.29) is 18.3 Å². The summed E-state index contributed by atoms with van der Waals surface area (Å²) in [6, 6.07) is 9.40. The van der Waals surface area contributed by atoms with Crippen LogP contribution in [0.5, 0.6) is 5.75 Å². The van der Waals surface area contributed by atoms with Crippen molar-refractivity contribution >= 4 is 23.6 Å². The Balaban J connectivity index is 1.74. The van der Waals surface area contributed by atoms with Gasteiger partial charge in [0.25, 0.3) is 5.91 Å². The van der Waals surface area contributed by atoms with E-state index in [9.17, 15) is 9.59 Å². The Labute approximate surface area is 169 Å². The smallest absolute Gasteiger partial charge is 0.316 e. The van der Waals surface area contributed by atoms with Crippen LogP contribution in [0.25, 0.3) is 0 Å². The number of rotatable bonds is 9. The van der Waals surface area contributed by atoms with Crippen LogP contribution in [-0.4, -0.2) is 52.8 Å². The highest BCUT2D eigenvalue weighted by Crippen LogP contribution is 2.15. The summed E-state index contributed by atoms with van der Waals surface area (Å²) >= 11 is 1.19. The molecule has 1 amide bonds. The first-order valence-electron chi connectivity index (χ1n) is 8.93. The Morgan fingerprint density at radius 2 is 1.75 bits per heavy atom. The second-order valence-electron chi connectivity index (χ2n) is 6.21. The molecule has 0 atom stereocenters. The Morgan fingerprint density at radius 1 is 1.11 bits per heavy atom. The lowest BCUT2D eigenvalue weighted by Gasteiger charge is -2.17. The third-order valence-electron chi connectivity index (χ3n) is 3.72. The van der Waals surface area contributed by atoms with Crippen LogP contribution in [0.3, 0.4) is 0 Å². The van der Waals surface area contributed by atoms with Crippen LogP contribution < -0.4 is 4.74 Å². The van der Waals surface area contributed by atoms with Crippen LogP contribution in [0, 0.1) is 13.8 Å². The van der Waals surface area contributed by atoms with Gasteiger partial charge in [-0.1, -0.05) is 23.9 Å². The Kier molecular flexibility index (Phi) is 8.25. The molecule has 0 saturated heterocycles. The van der Waals surface area contributed by atoms with Crippen molar-refractivity contribution in [3.8, 4) is 5.75 Å². The first-order chi connectivity index (χ1) is 13.4. The predicted molar refractivity (Wildman–Crippen MR) is 107 cm³/mol. The number of ether oxygens (including phenoxy) is 2. The average molecular weight is 404 g/mol. The first-order valence-corrected chi connectivity index (χ1v) is 9.92. The van der Waals surface area contributed by atoms with Crippen molar-refractivity contribution in [3.63, 3.8) is 0 Å². The summed E-state index contributed by atoms with van der Waals surface area (Å²) in [7, 11) is 1.67. The summed E-state index contributed by atoms with van der Waals surface area (Å²) in [5.41, 5.74) is 2.65. The van der Waals surface area contributed by atoms with Crippen molar-refractivity contribution in [3.05, 3.63) is 47.3 Å². The van der Waals surface area contributed by atoms with Gasteiger partial charge in [0, 0.05) is 25.0 Å². The van der Waals surface area contributed by atoms with E-state index in [1.165, 1.54) is 16.7 Å². The number of benzene rings is 1. The van der Waals surface area contributed by atoms with Crippen molar-refractivity contribution in [1.29, 1.82) is 0 Å². The third-order valence-corrected chi connectivity index (χ3v) is 4.54. The molecule has 2 aromatic rings. The molecular weight excluding hydrogens is 378 g/mol. The lowest BCUT2D eigenvalue weighted by molar-refractivity contribution is -0.149. The van der Waals surface area contributed by atoms with Crippen molar-refractivity contribution in [1.82, 2.24) is 14.9 Å². The number of hydrogen-bond acceptors (Lipinski definition) is 7. The maximum Gasteiger partial charge on any atom is 0.316 e. The molecule has 0 saturated carbocycles. The Hall–Kier alpha value is -2.61. The van der Waals surface area contributed by atoms with Crippen LogP contribution in [-0.2, 0) is 20.9 Å². The maximum absolute atomic E-state index is 12.2. The van der Waals surface area contributed by atoms with Crippen LogP contribution >= 0.6 is 11.8 Å². The topological polar surface area (TPSA) is 81.6 Å². The zero-order valence-corrected chi connectivity index (χ0v) is 17.4. The minimum atomic E-state index is -0.476. The summed E-state index contributed by atoms with van der Waals surface area (Å²) in [6.45, 7) is 6.41. The fourth-order valence-corrected chi connectivity index (χ4v) is 3.14. The SMILES string of the molecule is CCOc1ccc(CN(C)C(=O)COC(=O)CSc2nc(C)cc(C)n2)cc1. The minimum Gasteiger partial charge on any atom is -0.494 e. The first kappa shape index (κ1) is 21.7. The van der Waals surface area contributed by atoms with Gasteiger partial charge in [-0.05, 0) is 44.5 Å². The molecule has 1 aromatic heterocycles. The molecule has 0 aliphatic carbocycles. The van der Waals surface area contributed by atoms with Gasteiger partial charge in [-0.15, -0.1) is 0 Å². The fourth-order valence-electron chi connectivity index (χ4n) is 2.40. The molecule has 0 aliphatic rings. The lowest BCUT2D eigenvalue weighted by Crippen LogP contribution is -2.31. The predicted octanol–water partition coefficient (Wildman–Crippen LogP) is 2.79. The van der Waals surface area contributed by atoms with E-state index < -0.39 is 5.97 Å². The number of likely N-dealkylation sites (N-methyl/N-ethyl adjacent to an activating group) is 1. The van der Waals surface area contributed by atoms with Crippen molar-refractivity contribution < 1.29 is 19.1 Å². The molecule has 8 heteroatoms. The number of carbonyl (C=O) groups excluding carboxylic acids is 2. The zero-order valence-electron chi connectivity index (χ0n) is 16.6. The number of esters is 1. The van der Waals surface area contributed by atoms with Gasteiger partial charge in [0.05, 0.1) is 12.4 Å². The average Bonchev–Trinajstić information content (AvgIpc) is 2.65. The summed E-state index contributed by atoms with van der Waals surface area (Å²) in [5, 5.41) is 0.522. The number of nitrogens with zero attached hydrogens (tertiary/aromatic N) is 3. The molecule has 2 rings (SSSR count). The molecule has 1 aromatic carbocycles. The van der Waals surface area contributed by atoms with Gasteiger partial charge in [0.2, 0.25) is 0 Å². The normalized spacial score (nSPS) is 10.4. The summed E-state index contributed by atoms with van der Waals surface area (Å²) in [4.78, 5) is 34.1. The highest BCUT2D eigenvalue weighted by atomic mass is 32.2. The van der Waals surface area contributed by atoms with Crippen molar-refractivity contribution in [2.24, 2.45) is 0 Å². The van der Waals surface area contributed by atoms with E-state index in [1.807, 2.05) is 51.1 Å². The summed E-state index contributed by atoms with van der Waals surface area (Å²) in [5.74, 6) is 0.101. The van der Waals surface area contributed by atoms with Gasteiger partial charge in [0.15, 0.2) is 11.8 Å². The van der Waals surface area contributed by atoms with Gasteiger partial charge in [0.1, 0.15) is 5.75 Å². The molecule has 0 bridgehead atoms. The van der Waals surface area contributed by atoms with Crippen molar-refractivity contribution in [2.75, 3.05) is 26.0 Å². The number of thioether (sulfide) groups is 1. The van der Waals surface area contributed by atoms with E-state index in [1.54, 1.807) is 7.05 Å². The number of amides is 1. The van der Waals surface area contributed by atoms with E-state index in [0.717, 1.165) is 22.7 Å². The van der Waals surface area contributed by atoms with E-state index >= 15 is 0 Å². The van der Waals surface area contributed by atoms with E-state index in [2.05, 4.69) is 9.97 Å². The zero-order chi connectivity index (χ0) is 20.5.